The zero-order valence-electron chi connectivity index (χ0n) is 13.7. The van der Waals surface area contributed by atoms with Crippen LogP contribution in [0.1, 0.15) is 39.0 Å². The molecule has 0 bridgehead atoms. The zero-order chi connectivity index (χ0) is 16.8. The van der Waals surface area contributed by atoms with Crippen LogP contribution in [0.3, 0.4) is 0 Å². The van der Waals surface area contributed by atoms with Crippen LogP contribution in [0.4, 0.5) is 4.79 Å². The molecule has 0 unspecified atom stereocenters. The average molecular weight is 322 g/mol. The van der Waals surface area contributed by atoms with Crippen molar-refractivity contribution in [3.8, 4) is 0 Å². The van der Waals surface area contributed by atoms with E-state index in [1.807, 2.05) is 31.3 Å². The number of nitrogens with one attached hydrogen (secondary N) is 2. The molecule has 0 spiro atoms. The van der Waals surface area contributed by atoms with E-state index in [-0.39, 0.29) is 24.1 Å². The fraction of sp³-hybridized carbons (Fsp3) is 0.500. The summed E-state index contributed by atoms with van der Waals surface area (Å²) < 4.78 is 10.5. The molecule has 7 nitrogen and oxygen atoms in total. The molecule has 1 aliphatic rings. The molecule has 23 heavy (non-hydrogen) atoms. The fourth-order valence-electron chi connectivity index (χ4n) is 2.58. The van der Waals surface area contributed by atoms with Gasteiger partial charge in [-0.25, -0.2) is 9.59 Å². The summed E-state index contributed by atoms with van der Waals surface area (Å²) >= 11 is 0. The Hall–Kier alpha value is -2.28. The summed E-state index contributed by atoms with van der Waals surface area (Å²) in [4.78, 5) is 24.1. The topological polar surface area (TPSA) is 97.2 Å². The fourth-order valence-corrected chi connectivity index (χ4v) is 2.58. The van der Waals surface area contributed by atoms with E-state index in [1.165, 1.54) is 0 Å². The lowest BCUT2D eigenvalue weighted by atomic mass is 10.00. The van der Waals surface area contributed by atoms with Crippen LogP contribution in [-0.2, 0) is 9.53 Å². The first-order valence-electron chi connectivity index (χ1n) is 7.91. The van der Waals surface area contributed by atoms with Gasteiger partial charge in [0.2, 0.25) is 0 Å². The number of urea groups is 1. The number of nitrogens with two attached hydrogens (primary N) is 1. The van der Waals surface area contributed by atoms with Crippen LogP contribution in [0.2, 0.25) is 0 Å². The highest BCUT2D eigenvalue weighted by Crippen LogP contribution is 2.16. The first kappa shape index (κ1) is 17.1. The Balaban J connectivity index is 2.17. The maximum absolute atomic E-state index is 12.3. The quantitative estimate of drug-likeness (QED) is 0.647. The summed E-state index contributed by atoms with van der Waals surface area (Å²) in [5.74, 6) is 0.455. The predicted octanol–water partition coefficient (Wildman–Crippen LogP) is 0.813. The molecule has 0 radical (unpaired) electrons. The van der Waals surface area contributed by atoms with E-state index in [0.717, 1.165) is 5.76 Å². The second-order valence-corrected chi connectivity index (χ2v) is 5.42. The van der Waals surface area contributed by atoms with E-state index >= 15 is 0 Å². The van der Waals surface area contributed by atoms with Gasteiger partial charge < -0.3 is 25.1 Å². The molecule has 0 saturated carbocycles. The Morgan fingerprint density at radius 3 is 2.87 bits per heavy atom. The lowest BCUT2D eigenvalue weighted by Crippen LogP contribution is -2.86. The SMILES string of the molecule is CCOC(=O)C1=C(C[NH2+][C@H](C)c2ccco2)NC(=O)N[C@H]1CC. The molecule has 0 fully saturated rings. The van der Waals surface area contributed by atoms with Gasteiger partial charge in [-0.1, -0.05) is 6.92 Å². The first-order valence-corrected chi connectivity index (χ1v) is 7.91. The number of hydrogen-bond acceptors (Lipinski definition) is 4. The number of furan rings is 1. The van der Waals surface area contributed by atoms with Crippen molar-refractivity contribution in [2.75, 3.05) is 13.2 Å². The van der Waals surface area contributed by atoms with E-state index in [0.29, 0.717) is 30.8 Å². The van der Waals surface area contributed by atoms with E-state index in [2.05, 4.69) is 10.6 Å². The van der Waals surface area contributed by atoms with Crippen LogP contribution in [0.5, 0.6) is 0 Å². The van der Waals surface area contributed by atoms with E-state index < -0.39 is 0 Å². The van der Waals surface area contributed by atoms with Crippen molar-refractivity contribution in [1.29, 1.82) is 0 Å². The second-order valence-electron chi connectivity index (χ2n) is 5.42. The number of esters is 1. The van der Waals surface area contributed by atoms with Crippen molar-refractivity contribution in [3.63, 3.8) is 0 Å². The molecule has 126 valence electrons. The standard InChI is InChI=1S/C16H23N3O4/c1-4-11-14(15(20)22-5-2)12(19-16(21)18-11)9-17-10(3)13-7-6-8-23-13/h6-8,10-11,17H,4-5,9H2,1-3H3,(H2,18,19,21)/p+1/t10-,11+/m1/s1. The molecule has 1 aliphatic heterocycles. The van der Waals surface area contributed by atoms with Crippen molar-refractivity contribution in [1.82, 2.24) is 10.6 Å². The molecular formula is C16H24N3O4+. The van der Waals surface area contributed by atoms with Gasteiger partial charge in [0.05, 0.1) is 30.2 Å². The molecule has 2 amide bonds. The Morgan fingerprint density at radius 2 is 2.26 bits per heavy atom. The lowest BCUT2D eigenvalue weighted by molar-refractivity contribution is -0.688. The van der Waals surface area contributed by atoms with Gasteiger partial charge in [-0.3, -0.25) is 0 Å². The number of quaternary nitrogens is 1. The second kappa shape index (κ2) is 7.82. The normalized spacial score (nSPS) is 19.1. The molecule has 7 heteroatoms. The predicted molar refractivity (Wildman–Crippen MR) is 83.3 cm³/mol. The number of carbonyl (C=O) groups excluding carboxylic acids is 2. The van der Waals surface area contributed by atoms with Gasteiger partial charge >= 0.3 is 12.0 Å². The van der Waals surface area contributed by atoms with Gasteiger partial charge in [0, 0.05) is 0 Å². The van der Waals surface area contributed by atoms with Gasteiger partial charge in [-0.05, 0) is 32.4 Å². The molecule has 2 heterocycles. The van der Waals surface area contributed by atoms with Gasteiger partial charge in [-0.15, -0.1) is 0 Å². The third-order valence-corrected chi connectivity index (χ3v) is 3.81. The Morgan fingerprint density at radius 1 is 1.48 bits per heavy atom. The Labute approximate surface area is 135 Å². The minimum Gasteiger partial charge on any atom is -0.463 e. The van der Waals surface area contributed by atoms with Crippen LogP contribution in [0, 0.1) is 0 Å². The third-order valence-electron chi connectivity index (χ3n) is 3.81. The molecule has 4 N–H and O–H groups in total. The van der Waals surface area contributed by atoms with Crippen molar-refractivity contribution in [2.45, 2.75) is 39.3 Å². The van der Waals surface area contributed by atoms with Crippen LogP contribution in [0.25, 0.3) is 0 Å². The van der Waals surface area contributed by atoms with Gasteiger partial charge in [-0.2, -0.15) is 0 Å². The molecule has 0 saturated heterocycles. The van der Waals surface area contributed by atoms with Gasteiger partial charge in [0.1, 0.15) is 12.6 Å². The summed E-state index contributed by atoms with van der Waals surface area (Å²) in [6.07, 6.45) is 2.25. The van der Waals surface area contributed by atoms with Gasteiger partial charge in [0.25, 0.3) is 0 Å². The summed E-state index contributed by atoms with van der Waals surface area (Å²) in [6, 6.07) is 3.19. The lowest BCUT2D eigenvalue weighted by Gasteiger charge is -2.28. The summed E-state index contributed by atoms with van der Waals surface area (Å²) in [7, 11) is 0. The molecule has 1 aromatic heterocycles. The number of carbonyl (C=O) groups is 2. The summed E-state index contributed by atoms with van der Waals surface area (Å²) in [6.45, 7) is 6.44. The van der Waals surface area contributed by atoms with Crippen molar-refractivity contribution in [2.24, 2.45) is 0 Å². The minimum atomic E-state index is -0.388. The number of amides is 2. The van der Waals surface area contributed by atoms with Crippen LogP contribution in [0.15, 0.2) is 34.1 Å². The van der Waals surface area contributed by atoms with Crippen LogP contribution < -0.4 is 16.0 Å². The largest absolute Gasteiger partial charge is 0.463 e. The summed E-state index contributed by atoms with van der Waals surface area (Å²) in [5, 5.41) is 7.50. The highest BCUT2D eigenvalue weighted by Gasteiger charge is 2.32. The first-order chi connectivity index (χ1) is 11.1. The average Bonchev–Trinajstić information content (AvgIpc) is 3.06. The zero-order valence-corrected chi connectivity index (χ0v) is 13.7. The van der Waals surface area contributed by atoms with Crippen LogP contribution in [-0.4, -0.2) is 31.2 Å². The number of hydrogen-bond donors (Lipinski definition) is 3. The smallest absolute Gasteiger partial charge is 0.338 e. The maximum Gasteiger partial charge on any atom is 0.338 e. The minimum absolute atomic E-state index is 0.0767. The van der Waals surface area contributed by atoms with E-state index in [1.54, 1.807) is 13.2 Å². The van der Waals surface area contributed by atoms with Crippen molar-refractivity contribution in [3.05, 3.63) is 35.4 Å². The van der Waals surface area contributed by atoms with Crippen molar-refractivity contribution < 1.29 is 24.1 Å². The molecule has 2 rings (SSSR count). The monoisotopic (exact) mass is 322 g/mol. The van der Waals surface area contributed by atoms with E-state index in [4.69, 9.17) is 9.15 Å². The van der Waals surface area contributed by atoms with Gasteiger partial charge in [0.15, 0.2) is 5.76 Å². The summed E-state index contributed by atoms with van der Waals surface area (Å²) in [5.41, 5.74) is 1.09. The molecular weight excluding hydrogens is 298 g/mol. The number of ether oxygens (including phenoxy) is 1. The van der Waals surface area contributed by atoms with Crippen LogP contribution >= 0.6 is 0 Å². The maximum atomic E-state index is 12.3. The Bertz CT molecular complexity index is 580. The Kier molecular flexibility index (Phi) is 5.81. The highest BCUT2D eigenvalue weighted by atomic mass is 16.5. The van der Waals surface area contributed by atoms with E-state index in [9.17, 15) is 9.59 Å². The molecule has 1 aromatic rings. The molecule has 2 atom stereocenters. The number of rotatable bonds is 7. The van der Waals surface area contributed by atoms with Crippen molar-refractivity contribution >= 4 is 12.0 Å². The third kappa shape index (κ3) is 4.13. The highest BCUT2D eigenvalue weighted by molar-refractivity contribution is 5.94. The molecule has 0 aromatic carbocycles. The molecule has 0 aliphatic carbocycles.